The normalized spacial score (nSPS) is 13.1. The number of aryl methyl sites for hydroxylation is 1. The van der Waals surface area contributed by atoms with Gasteiger partial charge in [0.15, 0.2) is 0 Å². The van der Waals surface area contributed by atoms with Crippen LogP contribution >= 0.6 is 11.5 Å². The van der Waals surface area contributed by atoms with Crippen molar-refractivity contribution in [3.63, 3.8) is 0 Å². The van der Waals surface area contributed by atoms with Crippen molar-refractivity contribution < 1.29 is 0 Å². The summed E-state index contributed by atoms with van der Waals surface area (Å²) in [4.78, 5) is 1.49. The van der Waals surface area contributed by atoms with Gasteiger partial charge in [-0.05, 0) is 17.6 Å². The molecular formula is C7H9N5S. The van der Waals surface area contributed by atoms with Crippen LogP contribution in [-0.2, 0) is 7.05 Å². The van der Waals surface area contributed by atoms with E-state index in [2.05, 4.69) is 14.6 Å². The monoisotopic (exact) mass is 195 g/mol. The topological polar surface area (TPSA) is 69.6 Å². The number of nitrogens with zero attached hydrogens (tertiary/aromatic N) is 4. The van der Waals surface area contributed by atoms with E-state index < -0.39 is 0 Å². The maximum Gasteiger partial charge on any atom is 0.106 e. The fourth-order valence-corrected chi connectivity index (χ4v) is 1.60. The first-order chi connectivity index (χ1) is 6.27. The lowest BCUT2D eigenvalue weighted by Crippen LogP contribution is -2.13. The molecule has 0 fully saturated rings. The zero-order valence-corrected chi connectivity index (χ0v) is 7.90. The molecule has 0 aliphatic heterocycles. The molecule has 5 nitrogen and oxygen atoms in total. The SMILES string of the molecule is Cn1ncc(C(N)c2ccsn2)n1. The average molecular weight is 195 g/mol. The van der Waals surface area contributed by atoms with Crippen molar-refractivity contribution in [3.05, 3.63) is 29.0 Å². The van der Waals surface area contributed by atoms with Crippen molar-refractivity contribution in [3.8, 4) is 0 Å². The van der Waals surface area contributed by atoms with Gasteiger partial charge in [-0.15, -0.1) is 0 Å². The summed E-state index contributed by atoms with van der Waals surface area (Å²) < 4.78 is 4.14. The minimum Gasteiger partial charge on any atom is -0.318 e. The summed E-state index contributed by atoms with van der Waals surface area (Å²) in [6, 6.07) is 1.63. The molecule has 0 aliphatic rings. The fourth-order valence-electron chi connectivity index (χ4n) is 1.04. The summed E-state index contributed by atoms with van der Waals surface area (Å²) in [5.41, 5.74) is 7.48. The van der Waals surface area contributed by atoms with Crippen LogP contribution < -0.4 is 5.73 Å². The van der Waals surface area contributed by atoms with Crippen LogP contribution in [0.15, 0.2) is 17.6 Å². The van der Waals surface area contributed by atoms with Gasteiger partial charge in [0.1, 0.15) is 5.69 Å². The molecule has 0 amide bonds. The molecule has 0 bridgehead atoms. The standard InChI is InChI=1S/C7H9N5S/c1-12-9-4-6(10-12)7(8)5-2-3-13-11-5/h2-4,7H,8H2,1H3. The van der Waals surface area contributed by atoms with E-state index in [4.69, 9.17) is 5.73 Å². The molecule has 2 heterocycles. The predicted octanol–water partition coefficient (Wildman–Crippen LogP) is 0.320. The highest BCUT2D eigenvalue weighted by molar-refractivity contribution is 7.03. The third-order valence-electron chi connectivity index (χ3n) is 1.71. The Labute approximate surface area is 79.4 Å². The van der Waals surface area contributed by atoms with E-state index in [9.17, 15) is 0 Å². The first-order valence-electron chi connectivity index (χ1n) is 3.79. The molecule has 2 N–H and O–H groups in total. The summed E-state index contributed by atoms with van der Waals surface area (Å²) in [6.07, 6.45) is 1.66. The highest BCUT2D eigenvalue weighted by Gasteiger charge is 2.13. The van der Waals surface area contributed by atoms with E-state index in [1.165, 1.54) is 16.3 Å². The summed E-state index contributed by atoms with van der Waals surface area (Å²) >= 11 is 1.38. The third-order valence-corrected chi connectivity index (χ3v) is 2.29. The Balaban J connectivity index is 2.28. The first kappa shape index (κ1) is 8.33. The Kier molecular flexibility index (Phi) is 2.07. The van der Waals surface area contributed by atoms with E-state index >= 15 is 0 Å². The minimum absolute atomic E-state index is 0.264. The molecular weight excluding hydrogens is 186 g/mol. The maximum absolute atomic E-state index is 5.90. The quantitative estimate of drug-likeness (QED) is 0.749. The van der Waals surface area contributed by atoms with Crippen LogP contribution in [-0.4, -0.2) is 19.4 Å². The Morgan fingerprint density at radius 1 is 1.54 bits per heavy atom. The lowest BCUT2D eigenvalue weighted by molar-refractivity contribution is 0.636. The van der Waals surface area contributed by atoms with Gasteiger partial charge in [-0.2, -0.15) is 19.4 Å². The van der Waals surface area contributed by atoms with Crippen molar-refractivity contribution in [1.82, 2.24) is 19.4 Å². The van der Waals surface area contributed by atoms with Crippen LogP contribution in [0, 0.1) is 0 Å². The molecule has 6 heteroatoms. The zero-order valence-electron chi connectivity index (χ0n) is 7.08. The molecule has 0 spiro atoms. The largest absolute Gasteiger partial charge is 0.318 e. The van der Waals surface area contributed by atoms with E-state index in [0.717, 1.165) is 11.4 Å². The van der Waals surface area contributed by atoms with E-state index in [0.29, 0.717) is 0 Å². The van der Waals surface area contributed by atoms with Crippen molar-refractivity contribution >= 4 is 11.5 Å². The van der Waals surface area contributed by atoms with Gasteiger partial charge in [0.2, 0.25) is 0 Å². The number of nitrogens with two attached hydrogens (primary N) is 1. The van der Waals surface area contributed by atoms with Gasteiger partial charge in [0.25, 0.3) is 0 Å². The van der Waals surface area contributed by atoms with Gasteiger partial charge < -0.3 is 5.73 Å². The molecule has 1 unspecified atom stereocenters. The van der Waals surface area contributed by atoms with Crippen LogP contribution in [0.25, 0.3) is 0 Å². The van der Waals surface area contributed by atoms with Gasteiger partial charge in [-0.25, -0.2) is 0 Å². The molecule has 0 aliphatic carbocycles. The van der Waals surface area contributed by atoms with Crippen molar-refractivity contribution in [1.29, 1.82) is 0 Å². The third kappa shape index (κ3) is 1.58. The van der Waals surface area contributed by atoms with Gasteiger partial charge in [0, 0.05) is 12.4 Å². The minimum atomic E-state index is -0.264. The Morgan fingerprint density at radius 3 is 2.92 bits per heavy atom. The molecule has 2 rings (SSSR count). The highest BCUT2D eigenvalue weighted by atomic mass is 32.1. The van der Waals surface area contributed by atoms with Crippen LogP contribution in [0.2, 0.25) is 0 Å². The van der Waals surface area contributed by atoms with Gasteiger partial charge in [-0.1, -0.05) is 0 Å². The molecule has 13 heavy (non-hydrogen) atoms. The van der Waals surface area contributed by atoms with E-state index in [-0.39, 0.29) is 6.04 Å². The average Bonchev–Trinajstić information content (AvgIpc) is 2.72. The van der Waals surface area contributed by atoms with Crippen molar-refractivity contribution in [2.45, 2.75) is 6.04 Å². The molecule has 0 saturated carbocycles. The fraction of sp³-hybridized carbons (Fsp3) is 0.286. The van der Waals surface area contributed by atoms with E-state index in [1.54, 1.807) is 13.2 Å². The lowest BCUT2D eigenvalue weighted by Gasteiger charge is -2.02. The molecule has 0 saturated heterocycles. The second kappa shape index (κ2) is 3.23. The van der Waals surface area contributed by atoms with Gasteiger partial charge >= 0.3 is 0 Å². The van der Waals surface area contributed by atoms with Crippen LogP contribution in [0.1, 0.15) is 17.4 Å². The summed E-state index contributed by atoms with van der Waals surface area (Å²) in [5.74, 6) is 0. The number of aromatic nitrogens is 4. The smallest absolute Gasteiger partial charge is 0.106 e. The van der Waals surface area contributed by atoms with Gasteiger partial charge in [0.05, 0.1) is 17.9 Å². The Hall–Kier alpha value is -1.27. The molecule has 2 aromatic heterocycles. The first-order valence-corrected chi connectivity index (χ1v) is 4.63. The van der Waals surface area contributed by atoms with Crippen molar-refractivity contribution in [2.75, 3.05) is 0 Å². The second-order valence-corrected chi connectivity index (χ2v) is 3.33. The summed E-state index contributed by atoms with van der Waals surface area (Å²) in [5, 5.41) is 9.95. The maximum atomic E-state index is 5.90. The summed E-state index contributed by atoms with van der Waals surface area (Å²) in [6.45, 7) is 0. The van der Waals surface area contributed by atoms with Crippen LogP contribution in [0.4, 0.5) is 0 Å². The predicted molar refractivity (Wildman–Crippen MR) is 49.1 cm³/mol. The lowest BCUT2D eigenvalue weighted by atomic mass is 10.2. The summed E-state index contributed by atoms with van der Waals surface area (Å²) in [7, 11) is 1.76. The zero-order chi connectivity index (χ0) is 9.26. The number of hydrogen-bond donors (Lipinski definition) is 1. The van der Waals surface area contributed by atoms with Crippen LogP contribution in [0.5, 0.6) is 0 Å². The molecule has 1 atom stereocenters. The molecule has 0 aromatic carbocycles. The number of rotatable bonds is 2. The van der Waals surface area contributed by atoms with Crippen molar-refractivity contribution in [2.24, 2.45) is 12.8 Å². The van der Waals surface area contributed by atoms with Gasteiger partial charge in [-0.3, -0.25) is 0 Å². The Bertz CT molecular complexity index is 379. The molecule has 68 valence electrons. The number of hydrogen-bond acceptors (Lipinski definition) is 5. The second-order valence-electron chi connectivity index (χ2n) is 2.66. The van der Waals surface area contributed by atoms with E-state index in [1.807, 2.05) is 11.4 Å². The molecule has 0 radical (unpaired) electrons. The Morgan fingerprint density at radius 2 is 2.38 bits per heavy atom. The van der Waals surface area contributed by atoms with Crippen LogP contribution in [0.3, 0.4) is 0 Å². The highest BCUT2D eigenvalue weighted by Crippen LogP contribution is 2.15. The molecule has 2 aromatic rings.